The third-order valence-corrected chi connectivity index (χ3v) is 6.84. The van der Waals surface area contributed by atoms with E-state index in [-0.39, 0.29) is 12.1 Å². The van der Waals surface area contributed by atoms with Crippen LogP contribution in [0.4, 0.5) is 5.69 Å². The summed E-state index contributed by atoms with van der Waals surface area (Å²) in [7, 11) is 0. The molecule has 2 atom stereocenters. The summed E-state index contributed by atoms with van der Waals surface area (Å²) in [5.74, 6) is 0. The molecular formula is C28H28N4S. The predicted octanol–water partition coefficient (Wildman–Crippen LogP) is 6.28. The molecule has 1 aliphatic rings. The zero-order valence-corrected chi connectivity index (χ0v) is 20.2. The minimum atomic E-state index is -0.0509. The summed E-state index contributed by atoms with van der Waals surface area (Å²) in [6, 6.07) is 25.4. The summed E-state index contributed by atoms with van der Waals surface area (Å²) in [6.45, 7) is 8.66. The highest BCUT2D eigenvalue weighted by Gasteiger charge is 2.42. The fourth-order valence-corrected chi connectivity index (χ4v) is 5.34. The molecule has 0 unspecified atom stereocenters. The van der Waals surface area contributed by atoms with Gasteiger partial charge in [-0.2, -0.15) is 0 Å². The number of nitrogens with zero attached hydrogens (tertiary/aromatic N) is 3. The number of rotatable bonds is 4. The van der Waals surface area contributed by atoms with Crippen LogP contribution >= 0.6 is 12.2 Å². The van der Waals surface area contributed by atoms with Crippen molar-refractivity contribution < 1.29 is 0 Å². The first-order valence-electron chi connectivity index (χ1n) is 11.3. The third kappa shape index (κ3) is 3.72. The van der Waals surface area contributed by atoms with Crippen molar-refractivity contribution in [2.24, 2.45) is 0 Å². The van der Waals surface area contributed by atoms with Gasteiger partial charge in [0.2, 0.25) is 0 Å². The molecule has 5 heteroatoms. The zero-order chi connectivity index (χ0) is 23.1. The molecule has 0 spiro atoms. The molecule has 1 aliphatic heterocycles. The largest absolute Gasteiger partial charge is 0.351 e. The highest BCUT2D eigenvalue weighted by Crippen LogP contribution is 2.44. The second-order valence-corrected chi connectivity index (χ2v) is 9.17. The van der Waals surface area contributed by atoms with E-state index in [0.717, 1.165) is 16.5 Å². The van der Waals surface area contributed by atoms with Gasteiger partial charge in [-0.3, -0.25) is 4.98 Å². The Bertz CT molecular complexity index is 1320. The van der Waals surface area contributed by atoms with Crippen LogP contribution in [0.2, 0.25) is 0 Å². The van der Waals surface area contributed by atoms with Crippen LogP contribution in [-0.4, -0.2) is 14.7 Å². The van der Waals surface area contributed by atoms with Crippen LogP contribution in [0.3, 0.4) is 0 Å². The van der Waals surface area contributed by atoms with Crippen molar-refractivity contribution in [1.29, 1.82) is 0 Å². The quantitative estimate of drug-likeness (QED) is 0.369. The summed E-state index contributed by atoms with van der Waals surface area (Å²) in [6.07, 6.45) is 1.85. The van der Waals surface area contributed by atoms with Crippen LogP contribution in [0.15, 0.2) is 79.0 Å². The smallest absolute Gasteiger partial charge is 0.174 e. The summed E-state index contributed by atoms with van der Waals surface area (Å²) >= 11 is 5.90. The maximum Gasteiger partial charge on any atom is 0.174 e. The summed E-state index contributed by atoms with van der Waals surface area (Å²) in [5.41, 5.74) is 9.43. The fraction of sp³-hybridized carbons (Fsp3) is 0.214. The molecule has 4 aromatic rings. The molecule has 0 amide bonds. The van der Waals surface area contributed by atoms with Gasteiger partial charge < -0.3 is 14.8 Å². The number of pyridine rings is 1. The van der Waals surface area contributed by atoms with Crippen LogP contribution in [0.5, 0.6) is 0 Å². The average Bonchev–Trinajstić information content (AvgIpc) is 3.30. The third-order valence-electron chi connectivity index (χ3n) is 6.52. The van der Waals surface area contributed by atoms with Crippen molar-refractivity contribution in [2.45, 2.75) is 39.8 Å². The van der Waals surface area contributed by atoms with E-state index in [1.54, 1.807) is 0 Å². The number of hydrogen-bond donors (Lipinski definition) is 1. The molecule has 0 aliphatic carbocycles. The number of hydrogen-bond acceptors (Lipinski definition) is 2. The Morgan fingerprint density at radius 1 is 0.879 bits per heavy atom. The van der Waals surface area contributed by atoms with Gasteiger partial charge in [0.1, 0.15) is 0 Å². The fourth-order valence-electron chi connectivity index (χ4n) is 5.00. The maximum atomic E-state index is 5.90. The van der Waals surface area contributed by atoms with Gasteiger partial charge in [0.05, 0.1) is 17.8 Å². The molecule has 1 N–H and O–H groups in total. The lowest BCUT2D eigenvalue weighted by atomic mass is 9.96. The van der Waals surface area contributed by atoms with E-state index in [1.165, 1.54) is 33.8 Å². The molecule has 4 nitrogen and oxygen atoms in total. The Morgan fingerprint density at radius 3 is 2.39 bits per heavy atom. The number of benzene rings is 2. The molecule has 3 heterocycles. The summed E-state index contributed by atoms with van der Waals surface area (Å²) in [4.78, 5) is 6.95. The summed E-state index contributed by atoms with van der Waals surface area (Å²) in [5, 5.41) is 4.30. The summed E-state index contributed by atoms with van der Waals surface area (Å²) < 4.78 is 2.36. The highest BCUT2D eigenvalue weighted by atomic mass is 32.1. The van der Waals surface area contributed by atoms with E-state index in [1.807, 2.05) is 18.3 Å². The van der Waals surface area contributed by atoms with Crippen LogP contribution in [0.1, 0.15) is 45.9 Å². The number of aromatic nitrogens is 2. The Morgan fingerprint density at radius 2 is 1.67 bits per heavy atom. The Labute approximate surface area is 200 Å². The van der Waals surface area contributed by atoms with Crippen molar-refractivity contribution in [3.8, 4) is 5.69 Å². The lowest BCUT2D eigenvalue weighted by Crippen LogP contribution is -2.29. The van der Waals surface area contributed by atoms with Crippen molar-refractivity contribution in [2.75, 3.05) is 4.90 Å². The molecule has 0 radical (unpaired) electrons. The normalized spacial score (nSPS) is 17.9. The molecule has 166 valence electrons. The first-order valence-corrected chi connectivity index (χ1v) is 11.7. The van der Waals surface area contributed by atoms with Gasteiger partial charge in [0, 0.05) is 29.0 Å². The SMILES string of the molecule is Cc1cccc(N2C(=S)N[C@H](c3ccccn3)[C@H]2c2cc(C)n(-c3ccccc3C)c2C)c1. The first-order chi connectivity index (χ1) is 16.0. The number of para-hydroxylation sites is 1. The Kier molecular flexibility index (Phi) is 5.51. The predicted molar refractivity (Wildman–Crippen MR) is 139 cm³/mol. The van der Waals surface area contributed by atoms with Gasteiger partial charge in [-0.05, 0) is 93.0 Å². The van der Waals surface area contributed by atoms with Crippen LogP contribution < -0.4 is 10.2 Å². The van der Waals surface area contributed by atoms with Crippen molar-refractivity contribution in [1.82, 2.24) is 14.9 Å². The Balaban J connectivity index is 1.70. The van der Waals surface area contributed by atoms with Crippen molar-refractivity contribution in [3.05, 3.63) is 113 Å². The topological polar surface area (TPSA) is 33.1 Å². The Hall–Kier alpha value is -3.44. The maximum absolute atomic E-state index is 5.90. The molecular weight excluding hydrogens is 424 g/mol. The van der Waals surface area contributed by atoms with Gasteiger partial charge in [-0.15, -0.1) is 0 Å². The average molecular weight is 453 g/mol. The molecule has 2 aromatic heterocycles. The van der Waals surface area contributed by atoms with E-state index < -0.39 is 0 Å². The van der Waals surface area contributed by atoms with Crippen LogP contribution in [0, 0.1) is 27.7 Å². The molecule has 2 aromatic carbocycles. The lowest BCUT2D eigenvalue weighted by molar-refractivity contribution is 0.565. The molecule has 5 rings (SSSR count). The number of anilines is 1. The second kappa shape index (κ2) is 8.49. The lowest BCUT2D eigenvalue weighted by Gasteiger charge is -2.28. The zero-order valence-electron chi connectivity index (χ0n) is 19.4. The number of thiocarbonyl (C=S) groups is 1. The standard InChI is InChI=1S/C28H28N4S/c1-18-10-9-12-22(16-18)32-27(26(30-28(32)33)24-13-7-8-15-29-24)23-17-20(3)31(21(23)4)25-14-6-5-11-19(25)2/h5-17,26-27H,1-4H3,(H,30,33)/t26-,27-/m1/s1. The van der Waals surface area contributed by atoms with Gasteiger partial charge in [0.25, 0.3) is 0 Å². The van der Waals surface area contributed by atoms with E-state index in [4.69, 9.17) is 17.2 Å². The van der Waals surface area contributed by atoms with Crippen molar-refractivity contribution >= 4 is 23.0 Å². The van der Waals surface area contributed by atoms with E-state index in [9.17, 15) is 0 Å². The number of aryl methyl sites for hydroxylation is 3. The van der Waals surface area contributed by atoms with Gasteiger partial charge >= 0.3 is 0 Å². The van der Waals surface area contributed by atoms with Crippen LogP contribution in [-0.2, 0) is 0 Å². The first kappa shape index (κ1) is 21.4. The molecule has 1 fully saturated rings. The molecule has 33 heavy (non-hydrogen) atoms. The number of nitrogens with one attached hydrogen (secondary N) is 1. The molecule has 1 saturated heterocycles. The second-order valence-electron chi connectivity index (χ2n) is 8.78. The van der Waals surface area contributed by atoms with Gasteiger partial charge in [0.15, 0.2) is 5.11 Å². The van der Waals surface area contributed by atoms with Gasteiger partial charge in [-0.1, -0.05) is 36.4 Å². The minimum absolute atomic E-state index is 0.0156. The molecule has 0 bridgehead atoms. The van der Waals surface area contributed by atoms with E-state index in [2.05, 4.69) is 103 Å². The minimum Gasteiger partial charge on any atom is -0.351 e. The van der Waals surface area contributed by atoms with E-state index in [0.29, 0.717) is 0 Å². The van der Waals surface area contributed by atoms with Gasteiger partial charge in [-0.25, -0.2) is 0 Å². The molecule has 0 saturated carbocycles. The highest BCUT2D eigenvalue weighted by molar-refractivity contribution is 7.80. The van der Waals surface area contributed by atoms with Crippen LogP contribution in [0.25, 0.3) is 5.69 Å². The van der Waals surface area contributed by atoms with Crippen molar-refractivity contribution in [3.63, 3.8) is 0 Å². The van der Waals surface area contributed by atoms with E-state index >= 15 is 0 Å². The monoisotopic (exact) mass is 452 g/mol.